The molecule has 2 bridgehead atoms. The average Bonchev–Trinajstić information content (AvgIpc) is 3.23. The minimum atomic E-state index is -0.530. The molecule has 6 fully saturated rings. The van der Waals surface area contributed by atoms with Gasteiger partial charge in [0.2, 0.25) is 0 Å². The third kappa shape index (κ3) is 4.73. The van der Waals surface area contributed by atoms with Crippen LogP contribution < -0.4 is 11.1 Å². The van der Waals surface area contributed by atoms with Crippen molar-refractivity contribution in [2.24, 2.45) is 5.92 Å². The van der Waals surface area contributed by atoms with Crippen LogP contribution in [0.15, 0.2) is 36.5 Å². The molecule has 2 aliphatic heterocycles. The molecule has 1 aromatic carbocycles. The van der Waals surface area contributed by atoms with Crippen molar-refractivity contribution in [1.82, 2.24) is 20.1 Å². The molecule has 3 heterocycles. The normalized spacial score (nSPS) is 33.9. The van der Waals surface area contributed by atoms with Crippen LogP contribution in [0.25, 0.3) is 11.1 Å². The first-order valence-electron chi connectivity index (χ1n) is 15.3. The molecule has 40 heavy (non-hydrogen) atoms. The predicted octanol–water partition coefficient (Wildman–Crippen LogP) is 3.19. The quantitative estimate of drug-likeness (QED) is 0.491. The molecule has 2 aromatic rings. The zero-order valence-corrected chi connectivity index (χ0v) is 23.5. The largest absolute Gasteiger partial charge is 0.390 e. The number of hydrogen-bond acceptors (Lipinski definition) is 7. The number of likely N-dealkylation sites (tertiary alicyclic amines) is 1. The summed E-state index contributed by atoms with van der Waals surface area (Å²) in [5.41, 5.74) is 9.55. The van der Waals surface area contributed by atoms with Gasteiger partial charge in [0.1, 0.15) is 5.82 Å². The van der Waals surface area contributed by atoms with E-state index in [9.17, 15) is 9.90 Å². The van der Waals surface area contributed by atoms with Crippen LogP contribution in [0.4, 0.5) is 5.82 Å². The average molecular weight is 546 g/mol. The fraction of sp³-hybridized carbons (Fsp3) is 0.625. The van der Waals surface area contributed by atoms with Gasteiger partial charge in [-0.3, -0.25) is 9.69 Å². The lowest BCUT2D eigenvalue weighted by atomic mass is 9.58. The first-order chi connectivity index (χ1) is 19.4. The number of nitrogens with one attached hydrogen (secondary N) is 1. The number of morpholine rings is 1. The van der Waals surface area contributed by atoms with Gasteiger partial charge in [0.25, 0.3) is 5.91 Å². The number of benzene rings is 1. The van der Waals surface area contributed by atoms with Gasteiger partial charge in [0, 0.05) is 62.0 Å². The van der Waals surface area contributed by atoms with Crippen molar-refractivity contribution >= 4 is 11.7 Å². The Balaban J connectivity index is 1.03. The third-order valence-corrected chi connectivity index (χ3v) is 11.1. The SMILES string of the molecule is Nc1ncc(-c2ccc([C@@]34CC[C@@H]3CN(CCN3CCOCC3)C4)cc2)cc1C(=O)NC12CCC(O)(CC1)CC2. The molecule has 8 rings (SSSR count). The Labute approximate surface area is 237 Å². The number of nitrogen functional groups attached to an aromatic ring is 1. The number of aliphatic hydroxyl groups is 1. The molecular formula is C32H43N5O3. The first kappa shape index (κ1) is 26.4. The number of ether oxygens (including phenoxy) is 1. The second kappa shape index (κ2) is 10.1. The van der Waals surface area contributed by atoms with Crippen LogP contribution in [0.3, 0.4) is 0 Å². The van der Waals surface area contributed by atoms with E-state index in [1.165, 1.54) is 24.9 Å². The second-order valence-corrected chi connectivity index (χ2v) is 13.3. The summed E-state index contributed by atoms with van der Waals surface area (Å²) in [6.45, 7) is 8.45. The van der Waals surface area contributed by atoms with Crippen molar-refractivity contribution in [3.8, 4) is 11.1 Å². The highest BCUT2D eigenvalue weighted by molar-refractivity contribution is 5.99. The second-order valence-electron chi connectivity index (χ2n) is 13.3. The smallest absolute Gasteiger partial charge is 0.255 e. The van der Waals surface area contributed by atoms with Crippen molar-refractivity contribution < 1.29 is 14.6 Å². The highest BCUT2D eigenvalue weighted by Gasteiger charge is 2.53. The lowest BCUT2D eigenvalue weighted by Gasteiger charge is -2.51. The Bertz CT molecular complexity index is 1240. The van der Waals surface area contributed by atoms with Gasteiger partial charge in [-0.05, 0) is 74.5 Å². The van der Waals surface area contributed by atoms with E-state index in [2.05, 4.69) is 44.4 Å². The van der Waals surface area contributed by atoms with Crippen LogP contribution in [0.1, 0.15) is 67.3 Å². The van der Waals surface area contributed by atoms with E-state index >= 15 is 0 Å². The number of rotatable bonds is 7. The zero-order chi connectivity index (χ0) is 27.4. The lowest BCUT2D eigenvalue weighted by molar-refractivity contribution is -0.0702. The number of aromatic nitrogens is 1. The Hall–Kier alpha value is -2.52. The summed E-state index contributed by atoms with van der Waals surface area (Å²) in [7, 11) is 0. The molecule has 4 N–H and O–H groups in total. The molecule has 0 unspecified atom stereocenters. The summed E-state index contributed by atoms with van der Waals surface area (Å²) in [5.74, 6) is 0.846. The number of nitrogens with zero attached hydrogens (tertiary/aromatic N) is 3. The number of fused-ring (bicyclic) bond motifs is 4. The Morgan fingerprint density at radius 3 is 2.38 bits per heavy atom. The minimum absolute atomic E-state index is 0.157. The molecule has 4 saturated carbocycles. The maximum Gasteiger partial charge on any atom is 0.255 e. The van der Waals surface area contributed by atoms with Crippen molar-refractivity contribution in [2.75, 3.05) is 58.2 Å². The van der Waals surface area contributed by atoms with Gasteiger partial charge < -0.3 is 25.8 Å². The number of anilines is 1. The molecule has 0 spiro atoms. The molecule has 1 amide bonds. The fourth-order valence-corrected chi connectivity index (χ4v) is 8.17. The topological polar surface area (TPSA) is 104 Å². The van der Waals surface area contributed by atoms with Crippen LogP contribution in [0, 0.1) is 5.92 Å². The van der Waals surface area contributed by atoms with Crippen molar-refractivity contribution in [1.29, 1.82) is 0 Å². The monoisotopic (exact) mass is 545 g/mol. The van der Waals surface area contributed by atoms with E-state index in [4.69, 9.17) is 10.5 Å². The van der Waals surface area contributed by atoms with E-state index in [0.29, 0.717) is 5.56 Å². The first-order valence-corrected chi connectivity index (χ1v) is 15.3. The van der Waals surface area contributed by atoms with E-state index in [1.54, 1.807) is 6.20 Å². The Morgan fingerprint density at radius 2 is 1.70 bits per heavy atom. The molecule has 214 valence electrons. The molecule has 2 atom stereocenters. The van der Waals surface area contributed by atoms with Crippen molar-refractivity contribution in [2.45, 2.75) is 67.9 Å². The van der Waals surface area contributed by atoms with Gasteiger partial charge >= 0.3 is 0 Å². The molecule has 1 aromatic heterocycles. The standard InChI is InChI=1S/C32H43N5O3/c33-28-27(29(38)35-30-7-10-31(39,11-8-30)12-9-30)19-24(20-34-28)23-1-3-25(4-2-23)32-6-5-26(32)21-37(22-32)14-13-36-15-17-40-18-16-36/h1-4,19-20,26,39H,5-18,21-22H2,(H2,33,34)(H,35,38)/t26-,30?,31?,32+/m1/s1. The van der Waals surface area contributed by atoms with Gasteiger partial charge in [0.15, 0.2) is 0 Å². The van der Waals surface area contributed by atoms with Gasteiger partial charge in [-0.2, -0.15) is 0 Å². The molecule has 8 heteroatoms. The van der Waals surface area contributed by atoms with Gasteiger partial charge in [0.05, 0.1) is 24.4 Å². The molecule has 0 radical (unpaired) electrons. The summed E-state index contributed by atoms with van der Waals surface area (Å²) < 4.78 is 5.51. The van der Waals surface area contributed by atoms with Gasteiger partial charge in [-0.15, -0.1) is 0 Å². The van der Waals surface area contributed by atoms with Crippen LogP contribution in [0.2, 0.25) is 0 Å². The maximum atomic E-state index is 13.4. The van der Waals surface area contributed by atoms with E-state index < -0.39 is 5.60 Å². The number of hydrogen-bond donors (Lipinski definition) is 3. The predicted molar refractivity (Wildman–Crippen MR) is 155 cm³/mol. The summed E-state index contributed by atoms with van der Waals surface area (Å²) in [6, 6.07) is 10.9. The van der Waals surface area contributed by atoms with Gasteiger partial charge in [-0.1, -0.05) is 24.3 Å². The number of carbonyl (C=O) groups is 1. The Kier molecular flexibility index (Phi) is 6.65. The van der Waals surface area contributed by atoms with Crippen LogP contribution >= 0.6 is 0 Å². The zero-order valence-electron chi connectivity index (χ0n) is 23.5. The minimum Gasteiger partial charge on any atom is -0.390 e. The Morgan fingerprint density at radius 1 is 1.00 bits per heavy atom. The molecule has 2 saturated heterocycles. The number of carbonyl (C=O) groups excluding carboxylic acids is 1. The molecule has 8 nitrogen and oxygen atoms in total. The van der Waals surface area contributed by atoms with E-state index in [1.807, 2.05) is 6.07 Å². The van der Waals surface area contributed by atoms with Gasteiger partial charge in [-0.25, -0.2) is 4.98 Å². The number of pyridine rings is 1. The van der Waals surface area contributed by atoms with Crippen molar-refractivity contribution in [3.05, 3.63) is 47.7 Å². The third-order valence-electron chi connectivity index (χ3n) is 11.1. The van der Waals surface area contributed by atoms with E-state index in [0.717, 1.165) is 102 Å². The van der Waals surface area contributed by atoms with Crippen LogP contribution in [-0.4, -0.2) is 89.4 Å². The summed E-state index contributed by atoms with van der Waals surface area (Å²) in [6.07, 6.45) is 9.05. The fourth-order valence-electron chi connectivity index (χ4n) is 8.17. The van der Waals surface area contributed by atoms with Crippen LogP contribution in [-0.2, 0) is 10.2 Å². The highest BCUT2D eigenvalue weighted by atomic mass is 16.5. The number of amides is 1. The summed E-state index contributed by atoms with van der Waals surface area (Å²) in [5, 5.41) is 13.8. The van der Waals surface area contributed by atoms with E-state index in [-0.39, 0.29) is 22.7 Å². The molecule has 6 aliphatic rings. The summed E-state index contributed by atoms with van der Waals surface area (Å²) in [4.78, 5) is 23.0. The van der Waals surface area contributed by atoms with Crippen LogP contribution in [0.5, 0.6) is 0 Å². The molecule has 4 aliphatic carbocycles. The maximum absolute atomic E-state index is 13.4. The lowest BCUT2D eigenvalue weighted by Crippen LogP contribution is -2.58. The van der Waals surface area contributed by atoms with Crippen molar-refractivity contribution in [3.63, 3.8) is 0 Å². The number of nitrogens with two attached hydrogens (primary N) is 1. The summed E-state index contributed by atoms with van der Waals surface area (Å²) >= 11 is 0. The molecular weight excluding hydrogens is 502 g/mol. The highest BCUT2D eigenvalue weighted by Crippen LogP contribution is 2.53.